The highest BCUT2D eigenvalue weighted by molar-refractivity contribution is 5.98. The van der Waals surface area contributed by atoms with Crippen LogP contribution in [0.2, 0.25) is 0 Å². The summed E-state index contributed by atoms with van der Waals surface area (Å²) in [5.41, 5.74) is -0.846. The van der Waals surface area contributed by atoms with Crippen LogP contribution in [-0.4, -0.2) is 17.4 Å². The van der Waals surface area contributed by atoms with Crippen LogP contribution in [0.3, 0.4) is 0 Å². The van der Waals surface area contributed by atoms with Gasteiger partial charge in [-0.05, 0) is 36.5 Å². The minimum Gasteiger partial charge on any atom is -0.458 e. The first-order valence-corrected chi connectivity index (χ1v) is 7.52. The lowest BCUT2D eigenvalue weighted by atomic mass is 9.78. The van der Waals surface area contributed by atoms with E-state index in [1.807, 2.05) is 13.8 Å². The summed E-state index contributed by atoms with van der Waals surface area (Å²) in [4.78, 5) is 23.3. The maximum Gasteiger partial charge on any atom is 0.416 e. The predicted molar refractivity (Wildman–Crippen MR) is 77.7 cm³/mol. The molecule has 0 N–H and O–H groups in total. The van der Waals surface area contributed by atoms with Crippen molar-refractivity contribution in [2.75, 3.05) is 0 Å². The summed E-state index contributed by atoms with van der Waals surface area (Å²) in [7, 11) is 0. The molecule has 0 spiro atoms. The summed E-state index contributed by atoms with van der Waals surface area (Å²) in [5, 5.41) is 0. The summed E-state index contributed by atoms with van der Waals surface area (Å²) >= 11 is 0. The molecule has 6 heteroatoms. The largest absolute Gasteiger partial charge is 0.458 e. The van der Waals surface area contributed by atoms with Gasteiger partial charge in [-0.25, -0.2) is 0 Å². The maximum atomic E-state index is 12.6. The van der Waals surface area contributed by atoms with Gasteiger partial charge in [-0.2, -0.15) is 13.2 Å². The zero-order valence-electron chi connectivity index (χ0n) is 13.1. The number of aryl methyl sites for hydroxylation is 1. The Morgan fingerprint density at radius 1 is 1.17 bits per heavy atom. The van der Waals surface area contributed by atoms with Gasteiger partial charge in [-0.3, -0.25) is 9.59 Å². The van der Waals surface area contributed by atoms with Crippen molar-refractivity contribution >= 4 is 11.8 Å². The number of alkyl halides is 3. The molecule has 1 fully saturated rings. The number of benzene rings is 1. The number of cyclic esters (lactones) is 1. The number of hydrogen-bond acceptors (Lipinski definition) is 3. The van der Waals surface area contributed by atoms with Crippen LogP contribution < -0.4 is 0 Å². The number of ketones is 1. The molecule has 0 aliphatic carbocycles. The molecule has 3 nitrogen and oxygen atoms in total. The minimum atomic E-state index is -4.36. The van der Waals surface area contributed by atoms with E-state index in [1.165, 1.54) is 12.1 Å². The van der Waals surface area contributed by atoms with Crippen molar-refractivity contribution in [2.24, 2.45) is 5.92 Å². The van der Waals surface area contributed by atoms with E-state index in [0.29, 0.717) is 18.4 Å². The first-order valence-electron chi connectivity index (χ1n) is 7.52. The molecule has 126 valence electrons. The van der Waals surface area contributed by atoms with Gasteiger partial charge < -0.3 is 4.74 Å². The molecule has 2 rings (SSSR count). The molecule has 1 aromatic carbocycles. The lowest BCUT2D eigenvalue weighted by Crippen LogP contribution is -2.47. The highest BCUT2D eigenvalue weighted by atomic mass is 19.4. The summed E-state index contributed by atoms with van der Waals surface area (Å²) in [6, 6.07) is 4.91. The van der Waals surface area contributed by atoms with Gasteiger partial charge in [0, 0.05) is 6.42 Å². The molecule has 1 unspecified atom stereocenters. The summed E-state index contributed by atoms with van der Waals surface area (Å²) in [6.45, 7) is 3.75. The number of hydrogen-bond donors (Lipinski definition) is 0. The molecule has 1 heterocycles. The minimum absolute atomic E-state index is 0.0508. The van der Waals surface area contributed by atoms with Crippen LogP contribution in [0.4, 0.5) is 13.2 Å². The number of halogens is 3. The SMILES string of the molecule is CC(C)C1(CCc2ccc(C(F)(F)F)cc2)CC(=O)CC(=O)O1. The topological polar surface area (TPSA) is 43.4 Å². The molecule has 0 bridgehead atoms. The summed E-state index contributed by atoms with van der Waals surface area (Å²) in [6.07, 6.45) is -3.54. The molecule has 1 aliphatic rings. The zero-order valence-corrected chi connectivity index (χ0v) is 13.1. The molecule has 23 heavy (non-hydrogen) atoms. The number of carbonyl (C=O) groups is 2. The Morgan fingerprint density at radius 3 is 2.26 bits per heavy atom. The molecule has 0 radical (unpaired) electrons. The van der Waals surface area contributed by atoms with Gasteiger partial charge in [0.15, 0.2) is 0 Å². The molecule has 0 saturated carbocycles. The second-order valence-electron chi connectivity index (χ2n) is 6.28. The van der Waals surface area contributed by atoms with Crippen molar-refractivity contribution < 1.29 is 27.5 Å². The molecule has 1 aliphatic heterocycles. The average Bonchev–Trinajstić information content (AvgIpc) is 2.43. The van der Waals surface area contributed by atoms with Crippen molar-refractivity contribution in [1.82, 2.24) is 0 Å². The fraction of sp³-hybridized carbons (Fsp3) is 0.529. The summed E-state index contributed by atoms with van der Waals surface area (Å²) in [5.74, 6) is -0.727. The van der Waals surface area contributed by atoms with Crippen LogP contribution in [-0.2, 0) is 26.9 Å². The van der Waals surface area contributed by atoms with Gasteiger partial charge in [-0.1, -0.05) is 26.0 Å². The van der Waals surface area contributed by atoms with Crippen LogP contribution in [0.15, 0.2) is 24.3 Å². The van der Waals surface area contributed by atoms with Crippen LogP contribution in [0, 0.1) is 5.92 Å². The fourth-order valence-corrected chi connectivity index (χ4v) is 2.82. The standard InChI is InChI=1S/C17H19F3O3/c1-11(2)16(10-14(21)9-15(22)23-16)8-7-12-3-5-13(6-4-12)17(18,19)20/h3-6,11H,7-10H2,1-2H3. The van der Waals surface area contributed by atoms with E-state index in [2.05, 4.69) is 0 Å². The monoisotopic (exact) mass is 328 g/mol. The number of rotatable bonds is 4. The van der Waals surface area contributed by atoms with E-state index >= 15 is 0 Å². The molecular weight excluding hydrogens is 309 g/mol. The second-order valence-corrected chi connectivity index (χ2v) is 6.28. The van der Waals surface area contributed by atoms with E-state index in [1.54, 1.807) is 0 Å². The summed E-state index contributed by atoms with van der Waals surface area (Å²) < 4.78 is 43.1. The van der Waals surface area contributed by atoms with Gasteiger partial charge in [-0.15, -0.1) is 0 Å². The Morgan fingerprint density at radius 2 is 1.78 bits per heavy atom. The number of esters is 1. The first kappa shape index (κ1) is 17.5. The smallest absolute Gasteiger partial charge is 0.416 e. The van der Waals surface area contributed by atoms with Crippen molar-refractivity contribution in [2.45, 2.75) is 51.3 Å². The van der Waals surface area contributed by atoms with Gasteiger partial charge in [0.2, 0.25) is 0 Å². The van der Waals surface area contributed by atoms with Gasteiger partial charge in [0.25, 0.3) is 0 Å². The van der Waals surface area contributed by atoms with Crippen LogP contribution in [0.25, 0.3) is 0 Å². The van der Waals surface area contributed by atoms with Crippen molar-refractivity contribution in [1.29, 1.82) is 0 Å². The van der Waals surface area contributed by atoms with Crippen LogP contribution >= 0.6 is 0 Å². The van der Waals surface area contributed by atoms with Crippen molar-refractivity contribution in [3.8, 4) is 0 Å². The first-order chi connectivity index (χ1) is 10.6. The normalized spacial score (nSPS) is 22.3. The molecule has 1 saturated heterocycles. The Labute approximate surface area is 132 Å². The van der Waals surface area contributed by atoms with Crippen LogP contribution in [0.5, 0.6) is 0 Å². The van der Waals surface area contributed by atoms with Crippen molar-refractivity contribution in [3.05, 3.63) is 35.4 Å². The van der Waals surface area contributed by atoms with Crippen LogP contribution in [0.1, 0.15) is 44.2 Å². The number of ether oxygens (including phenoxy) is 1. The third-order valence-corrected chi connectivity index (χ3v) is 4.33. The highest BCUT2D eigenvalue weighted by Crippen LogP contribution is 2.36. The van der Waals surface area contributed by atoms with E-state index in [-0.39, 0.29) is 24.5 Å². The molecular formula is C17H19F3O3. The molecule has 0 aromatic heterocycles. The van der Waals surface area contributed by atoms with Gasteiger partial charge in [0.05, 0.1) is 5.56 Å². The Bertz CT molecular complexity index is 572. The quantitative estimate of drug-likeness (QED) is 0.621. The van der Waals surface area contributed by atoms with E-state index in [0.717, 1.165) is 12.1 Å². The lowest BCUT2D eigenvalue weighted by molar-refractivity contribution is -0.177. The zero-order chi connectivity index (χ0) is 17.3. The Hall–Kier alpha value is -1.85. The predicted octanol–water partition coefficient (Wildman–Crippen LogP) is 3.94. The van der Waals surface area contributed by atoms with Crippen molar-refractivity contribution in [3.63, 3.8) is 0 Å². The lowest BCUT2D eigenvalue weighted by Gasteiger charge is -2.39. The van der Waals surface area contributed by atoms with Gasteiger partial charge >= 0.3 is 12.1 Å². The number of Topliss-reactive ketones (excluding diaryl/α,β-unsaturated/α-hetero) is 1. The third kappa shape index (κ3) is 4.12. The Kier molecular flexibility index (Phi) is 4.82. The average molecular weight is 328 g/mol. The number of carbonyl (C=O) groups excluding carboxylic acids is 2. The fourth-order valence-electron chi connectivity index (χ4n) is 2.82. The van der Waals surface area contributed by atoms with E-state index in [9.17, 15) is 22.8 Å². The molecule has 1 atom stereocenters. The van der Waals surface area contributed by atoms with E-state index < -0.39 is 23.3 Å². The van der Waals surface area contributed by atoms with E-state index in [4.69, 9.17) is 4.74 Å². The Balaban J connectivity index is 2.10. The maximum absolute atomic E-state index is 12.6. The molecule has 0 amide bonds. The highest BCUT2D eigenvalue weighted by Gasteiger charge is 2.43. The second kappa shape index (κ2) is 6.34. The van der Waals surface area contributed by atoms with Gasteiger partial charge in [0.1, 0.15) is 17.8 Å². The molecule has 1 aromatic rings. The third-order valence-electron chi connectivity index (χ3n) is 4.33.